The van der Waals surface area contributed by atoms with Crippen LogP contribution in [0.4, 0.5) is 0 Å². The molecule has 1 unspecified atom stereocenters. The van der Waals surface area contributed by atoms with Crippen LogP contribution in [0.25, 0.3) is 0 Å². The van der Waals surface area contributed by atoms with Gasteiger partial charge in [0.1, 0.15) is 11.6 Å². The van der Waals surface area contributed by atoms with E-state index in [1.807, 2.05) is 69.2 Å². The molecule has 0 aromatic rings. The van der Waals surface area contributed by atoms with Crippen LogP contribution in [0.5, 0.6) is 0 Å². The van der Waals surface area contributed by atoms with Gasteiger partial charge in [-0.05, 0) is 24.7 Å². The van der Waals surface area contributed by atoms with Crippen LogP contribution in [0.1, 0.15) is 114 Å². The molecule has 0 saturated carbocycles. The first-order chi connectivity index (χ1) is 12.2. The standard InChI is InChI=1S/C16H29NO3.3C2H6/c1-5-13(18)6-9-16(4,11-8-15(17)20)10-7-14(19)12(2)3;3*1-2/h12H,5-11H2,1-4H3,(H2,17,20);3*1-2H3. The molecule has 1 atom stereocenters. The normalized spacial score (nSPS) is 11.5. The minimum Gasteiger partial charge on any atom is -0.370 e. The Morgan fingerprint density at radius 3 is 1.54 bits per heavy atom. The molecule has 0 heterocycles. The van der Waals surface area contributed by atoms with Crippen LogP contribution < -0.4 is 5.73 Å². The second-order valence-electron chi connectivity index (χ2n) is 6.29. The van der Waals surface area contributed by atoms with Crippen LogP contribution in [0.2, 0.25) is 0 Å². The Labute approximate surface area is 163 Å². The lowest BCUT2D eigenvalue weighted by Crippen LogP contribution is -2.23. The maximum Gasteiger partial charge on any atom is 0.217 e. The zero-order valence-electron chi connectivity index (χ0n) is 19.3. The van der Waals surface area contributed by atoms with Crippen LogP contribution in [0, 0.1) is 11.3 Å². The highest BCUT2D eigenvalue weighted by molar-refractivity contribution is 5.80. The summed E-state index contributed by atoms with van der Waals surface area (Å²) in [6.45, 7) is 19.7. The number of nitrogens with two attached hydrogens (primary N) is 1. The van der Waals surface area contributed by atoms with Gasteiger partial charge in [0.15, 0.2) is 0 Å². The number of amides is 1. The largest absolute Gasteiger partial charge is 0.370 e. The van der Waals surface area contributed by atoms with Gasteiger partial charge in [-0.2, -0.15) is 0 Å². The van der Waals surface area contributed by atoms with Gasteiger partial charge in [-0.3, -0.25) is 14.4 Å². The molecular formula is C22H47NO3. The molecule has 0 saturated heterocycles. The number of primary amides is 1. The molecule has 0 aromatic carbocycles. The molecule has 158 valence electrons. The van der Waals surface area contributed by atoms with Gasteiger partial charge >= 0.3 is 0 Å². The Morgan fingerprint density at radius 2 is 1.19 bits per heavy atom. The van der Waals surface area contributed by atoms with E-state index in [2.05, 4.69) is 0 Å². The average molecular weight is 374 g/mol. The van der Waals surface area contributed by atoms with Crippen molar-refractivity contribution in [2.75, 3.05) is 0 Å². The van der Waals surface area contributed by atoms with E-state index < -0.39 is 0 Å². The summed E-state index contributed by atoms with van der Waals surface area (Å²) in [5.41, 5.74) is 5.05. The summed E-state index contributed by atoms with van der Waals surface area (Å²) in [5.74, 6) is 0.170. The number of Topliss-reactive ketones (excluding diaryl/α,β-unsaturated/α-hetero) is 2. The molecule has 0 aromatic heterocycles. The molecule has 0 aliphatic heterocycles. The Kier molecular flexibility index (Phi) is 27.3. The Hall–Kier alpha value is -1.19. The minimum absolute atomic E-state index is 0.0349. The molecule has 0 rings (SSSR count). The fraction of sp³-hybridized carbons (Fsp3) is 0.864. The fourth-order valence-electron chi connectivity index (χ4n) is 2.13. The van der Waals surface area contributed by atoms with Crippen molar-refractivity contribution in [1.29, 1.82) is 0 Å². The van der Waals surface area contributed by atoms with Gasteiger partial charge in [-0.1, -0.05) is 69.2 Å². The maximum atomic E-state index is 11.8. The smallest absolute Gasteiger partial charge is 0.217 e. The molecule has 0 radical (unpaired) electrons. The van der Waals surface area contributed by atoms with Gasteiger partial charge in [0.05, 0.1) is 0 Å². The van der Waals surface area contributed by atoms with E-state index in [-0.39, 0.29) is 28.8 Å². The predicted molar refractivity (Wildman–Crippen MR) is 114 cm³/mol. The highest BCUT2D eigenvalue weighted by Gasteiger charge is 2.26. The summed E-state index contributed by atoms with van der Waals surface area (Å²) >= 11 is 0. The van der Waals surface area contributed by atoms with Gasteiger partial charge in [0.25, 0.3) is 0 Å². The van der Waals surface area contributed by atoms with Crippen molar-refractivity contribution in [3.05, 3.63) is 0 Å². The third-order valence-electron chi connectivity index (χ3n) is 4.00. The van der Waals surface area contributed by atoms with E-state index >= 15 is 0 Å². The summed E-state index contributed by atoms with van der Waals surface area (Å²) < 4.78 is 0. The van der Waals surface area contributed by atoms with Crippen molar-refractivity contribution in [3.8, 4) is 0 Å². The predicted octanol–water partition coefficient (Wildman–Crippen LogP) is 6.10. The second kappa shape index (κ2) is 21.9. The zero-order valence-corrected chi connectivity index (χ0v) is 19.3. The van der Waals surface area contributed by atoms with Crippen molar-refractivity contribution in [2.24, 2.45) is 17.1 Å². The monoisotopic (exact) mass is 373 g/mol. The van der Waals surface area contributed by atoms with E-state index in [1.54, 1.807) is 0 Å². The summed E-state index contributed by atoms with van der Waals surface area (Å²) in [6.07, 6.45) is 3.95. The molecule has 26 heavy (non-hydrogen) atoms. The van der Waals surface area contributed by atoms with Gasteiger partial charge in [0, 0.05) is 31.6 Å². The quantitative estimate of drug-likeness (QED) is 0.475. The lowest BCUT2D eigenvalue weighted by Gasteiger charge is -2.29. The summed E-state index contributed by atoms with van der Waals surface area (Å²) in [7, 11) is 0. The number of ketones is 2. The number of carbonyl (C=O) groups excluding carboxylic acids is 3. The molecule has 0 bridgehead atoms. The van der Waals surface area contributed by atoms with E-state index in [1.165, 1.54) is 0 Å². The molecule has 2 N–H and O–H groups in total. The Bertz CT molecular complexity index is 351. The van der Waals surface area contributed by atoms with Gasteiger partial charge in [0.2, 0.25) is 5.91 Å². The van der Waals surface area contributed by atoms with Crippen LogP contribution in [-0.4, -0.2) is 17.5 Å². The first-order valence-electron chi connectivity index (χ1n) is 10.5. The number of rotatable bonds is 11. The van der Waals surface area contributed by atoms with Crippen molar-refractivity contribution >= 4 is 17.5 Å². The maximum absolute atomic E-state index is 11.8. The van der Waals surface area contributed by atoms with Crippen molar-refractivity contribution in [1.82, 2.24) is 0 Å². The molecule has 4 nitrogen and oxygen atoms in total. The zero-order chi connectivity index (χ0) is 21.8. The van der Waals surface area contributed by atoms with E-state index in [4.69, 9.17) is 5.73 Å². The van der Waals surface area contributed by atoms with Gasteiger partial charge in [-0.15, -0.1) is 0 Å². The van der Waals surface area contributed by atoms with Gasteiger partial charge in [-0.25, -0.2) is 0 Å². The topological polar surface area (TPSA) is 77.2 Å². The van der Waals surface area contributed by atoms with E-state index in [0.717, 1.165) is 6.42 Å². The van der Waals surface area contributed by atoms with Crippen molar-refractivity contribution < 1.29 is 14.4 Å². The van der Waals surface area contributed by atoms with Crippen LogP contribution in [0.3, 0.4) is 0 Å². The highest BCUT2D eigenvalue weighted by Crippen LogP contribution is 2.35. The van der Waals surface area contributed by atoms with Crippen LogP contribution >= 0.6 is 0 Å². The minimum atomic E-state index is -0.326. The third kappa shape index (κ3) is 20.9. The molecule has 0 fully saturated rings. The van der Waals surface area contributed by atoms with Crippen molar-refractivity contribution in [3.63, 3.8) is 0 Å². The average Bonchev–Trinajstić information content (AvgIpc) is 2.67. The number of hydrogen-bond acceptors (Lipinski definition) is 3. The highest BCUT2D eigenvalue weighted by atomic mass is 16.1. The first kappa shape index (κ1) is 32.5. The van der Waals surface area contributed by atoms with Crippen molar-refractivity contribution in [2.45, 2.75) is 114 Å². The summed E-state index contributed by atoms with van der Waals surface area (Å²) in [6, 6.07) is 0. The molecule has 4 heteroatoms. The van der Waals surface area contributed by atoms with Crippen LogP contribution in [0.15, 0.2) is 0 Å². The lowest BCUT2D eigenvalue weighted by atomic mass is 9.75. The summed E-state index contributed by atoms with van der Waals surface area (Å²) in [4.78, 5) is 34.2. The van der Waals surface area contributed by atoms with Crippen LogP contribution in [-0.2, 0) is 14.4 Å². The van der Waals surface area contributed by atoms with E-state index in [0.29, 0.717) is 38.5 Å². The molecule has 0 aliphatic carbocycles. The second-order valence-corrected chi connectivity index (χ2v) is 6.29. The number of carbonyl (C=O) groups is 3. The van der Waals surface area contributed by atoms with Gasteiger partial charge < -0.3 is 5.73 Å². The molecule has 1 amide bonds. The summed E-state index contributed by atoms with van der Waals surface area (Å²) in [5, 5.41) is 0. The molecule has 0 aliphatic rings. The third-order valence-corrected chi connectivity index (χ3v) is 4.00. The Balaban J connectivity index is -0.000000362. The fourth-order valence-corrected chi connectivity index (χ4v) is 2.13. The molecular weight excluding hydrogens is 326 g/mol. The molecule has 0 spiro atoms. The lowest BCUT2D eigenvalue weighted by molar-refractivity contribution is -0.122. The Morgan fingerprint density at radius 1 is 0.808 bits per heavy atom. The SMILES string of the molecule is CC.CC.CC.CCC(=O)CCC(C)(CCC(N)=O)CCC(=O)C(C)C. The van der Waals surface area contributed by atoms with E-state index in [9.17, 15) is 14.4 Å². The first-order valence-corrected chi connectivity index (χ1v) is 10.5. The number of hydrogen-bond donors (Lipinski definition) is 1.